The minimum atomic E-state index is 0. The maximum atomic E-state index is 2.41. The summed E-state index contributed by atoms with van der Waals surface area (Å²) in [6, 6.07) is 0. The summed E-state index contributed by atoms with van der Waals surface area (Å²) in [5, 5.41) is 1.41. The molecule has 0 spiro atoms. The minimum Gasteiger partial charge on any atom is -0.388 e. The Kier molecular flexibility index (Phi) is 6.00. The summed E-state index contributed by atoms with van der Waals surface area (Å²) in [7, 11) is 2.17. The third-order valence-electron chi connectivity index (χ3n) is 6.99. The van der Waals surface area contributed by atoms with Crippen LogP contribution in [0.25, 0.3) is 10.9 Å². The molecule has 143 valence electrons. The standard InChI is InChI=1S/C25H32N.V/c1-13-14(2)18(6)23(19(7)15(13)3)11-22-12-26(10)25-21(9)17(5)16(4)20(8)24(22)25;/h11-12H,1-10H3;/q-1;. The van der Waals surface area contributed by atoms with Crippen LogP contribution in [-0.2, 0) is 25.6 Å². The van der Waals surface area contributed by atoms with Gasteiger partial charge in [-0.15, -0.1) is 23.1 Å². The Balaban J connectivity index is 0.00000261. The van der Waals surface area contributed by atoms with Crippen LogP contribution in [0.3, 0.4) is 0 Å². The van der Waals surface area contributed by atoms with Crippen LogP contribution >= 0.6 is 0 Å². The first-order valence-electron chi connectivity index (χ1n) is 9.55. The summed E-state index contributed by atoms with van der Waals surface area (Å²) in [4.78, 5) is 0. The molecule has 0 saturated heterocycles. The van der Waals surface area contributed by atoms with Gasteiger partial charge in [0.25, 0.3) is 0 Å². The van der Waals surface area contributed by atoms with Crippen molar-refractivity contribution in [3.8, 4) is 0 Å². The van der Waals surface area contributed by atoms with Crippen LogP contribution in [0.15, 0.2) is 6.20 Å². The molecule has 0 aliphatic rings. The van der Waals surface area contributed by atoms with E-state index in [0.29, 0.717) is 0 Å². The van der Waals surface area contributed by atoms with Gasteiger partial charge >= 0.3 is 0 Å². The van der Waals surface area contributed by atoms with Crippen molar-refractivity contribution in [1.29, 1.82) is 0 Å². The van der Waals surface area contributed by atoms with Gasteiger partial charge in [0.1, 0.15) is 0 Å². The Morgan fingerprint density at radius 1 is 0.593 bits per heavy atom. The Bertz CT molecular complexity index is 1020. The van der Waals surface area contributed by atoms with Crippen molar-refractivity contribution in [3.05, 3.63) is 73.8 Å². The molecular weight excluding hydrogens is 365 g/mol. The second-order valence-electron chi connectivity index (χ2n) is 8.10. The van der Waals surface area contributed by atoms with Gasteiger partial charge in [-0.3, -0.25) is 0 Å². The van der Waals surface area contributed by atoms with Crippen LogP contribution in [0.2, 0.25) is 0 Å². The summed E-state index contributed by atoms with van der Waals surface area (Å²) in [6.07, 6.45) is 4.71. The molecule has 0 aliphatic heterocycles. The van der Waals surface area contributed by atoms with Gasteiger partial charge in [-0.2, -0.15) is 0 Å². The third-order valence-corrected chi connectivity index (χ3v) is 6.99. The number of aromatic nitrogens is 1. The SMILES string of the molecule is Cc1c(C)c(C)c([CH-]c2cn(C)c3c(C)c(C)c(C)c(C)c23)c(C)c1C.[V]. The van der Waals surface area contributed by atoms with Gasteiger partial charge in [0.15, 0.2) is 0 Å². The first kappa shape index (κ1) is 21.7. The maximum absolute atomic E-state index is 2.41. The fraction of sp³-hybridized carbons (Fsp3) is 0.400. The van der Waals surface area contributed by atoms with E-state index in [-0.39, 0.29) is 18.6 Å². The van der Waals surface area contributed by atoms with Crippen LogP contribution in [-0.4, -0.2) is 4.57 Å². The quantitative estimate of drug-likeness (QED) is 0.432. The molecule has 0 saturated carbocycles. The predicted molar refractivity (Wildman–Crippen MR) is 114 cm³/mol. The molecule has 0 fully saturated rings. The zero-order valence-electron chi connectivity index (χ0n) is 18.5. The van der Waals surface area contributed by atoms with E-state index in [1.165, 1.54) is 72.1 Å². The minimum absolute atomic E-state index is 0. The van der Waals surface area contributed by atoms with Crippen LogP contribution < -0.4 is 0 Å². The van der Waals surface area contributed by atoms with Gasteiger partial charge in [0.2, 0.25) is 0 Å². The number of benzene rings is 2. The number of fused-ring (bicyclic) bond motifs is 1. The van der Waals surface area contributed by atoms with E-state index >= 15 is 0 Å². The molecule has 1 nitrogen and oxygen atoms in total. The summed E-state index contributed by atoms with van der Waals surface area (Å²) in [6.45, 7) is 20.3. The monoisotopic (exact) mass is 397 g/mol. The molecule has 0 bridgehead atoms. The predicted octanol–water partition coefficient (Wildman–Crippen LogP) is 6.55. The molecule has 0 amide bonds. The molecule has 3 rings (SSSR count). The smallest absolute Gasteiger partial charge is 0.0107 e. The zero-order chi connectivity index (χ0) is 19.5. The van der Waals surface area contributed by atoms with Crippen molar-refractivity contribution in [2.24, 2.45) is 7.05 Å². The first-order valence-corrected chi connectivity index (χ1v) is 9.55. The Morgan fingerprint density at radius 2 is 1.00 bits per heavy atom. The normalized spacial score (nSPS) is 11.0. The third kappa shape index (κ3) is 3.15. The van der Waals surface area contributed by atoms with E-state index in [9.17, 15) is 0 Å². The number of rotatable bonds is 2. The van der Waals surface area contributed by atoms with Crippen molar-refractivity contribution in [2.45, 2.75) is 62.3 Å². The van der Waals surface area contributed by atoms with Gasteiger partial charge in [-0.05, 0) is 59.6 Å². The van der Waals surface area contributed by atoms with Crippen LogP contribution in [0.4, 0.5) is 0 Å². The van der Waals surface area contributed by atoms with Gasteiger partial charge in [-0.25, -0.2) is 0 Å². The summed E-state index contributed by atoms with van der Waals surface area (Å²) < 4.78 is 2.30. The zero-order valence-corrected chi connectivity index (χ0v) is 19.9. The van der Waals surface area contributed by atoms with Crippen molar-refractivity contribution >= 4 is 10.9 Å². The Morgan fingerprint density at radius 3 is 1.52 bits per heavy atom. The molecule has 1 radical (unpaired) electrons. The molecule has 0 N–H and O–H groups in total. The fourth-order valence-electron chi connectivity index (χ4n) is 4.43. The summed E-state index contributed by atoms with van der Waals surface area (Å²) in [5.41, 5.74) is 16.8. The Labute approximate surface area is 177 Å². The van der Waals surface area contributed by atoms with Crippen molar-refractivity contribution < 1.29 is 18.6 Å². The second-order valence-corrected chi connectivity index (χ2v) is 8.10. The first-order chi connectivity index (χ1) is 12.1. The molecule has 2 heteroatoms. The van der Waals surface area contributed by atoms with E-state index in [0.717, 1.165) is 0 Å². The number of hydrogen-bond acceptors (Lipinski definition) is 0. The van der Waals surface area contributed by atoms with Gasteiger partial charge < -0.3 is 4.57 Å². The van der Waals surface area contributed by atoms with Crippen molar-refractivity contribution in [2.75, 3.05) is 0 Å². The Hall–Kier alpha value is -1.57. The van der Waals surface area contributed by atoms with E-state index in [1.54, 1.807) is 0 Å². The van der Waals surface area contributed by atoms with Crippen LogP contribution in [0.1, 0.15) is 61.2 Å². The molecule has 0 unspecified atom stereocenters. The average Bonchev–Trinajstić information content (AvgIpc) is 2.94. The molecule has 27 heavy (non-hydrogen) atoms. The molecule has 0 atom stereocenters. The second kappa shape index (κ2) is 7.45. The van der Waals surface area contributed by atoms with E-state index in [2.05, 4.69) is 86.5 Å². The van der Waals surface area contributed by atoms with Crippen LogP contribution in [0, 0.1) is 68.7 Å². The molecule has 2 aromatic carbocycles. The fourth-order valence-corrected chi connectivity index (χ4v) is 4.43. The molecule has 1 aromatic heterocycles. The molecule has 1 heterocycles. The largest absolute Gasteiger partial charge is 0.388 e. The van der Waals surface area contributed by atoms with Gasteiger partial charge in [0.05, 0.1) is 0 Å². The van der Waals surface area contributed by atoms with Crippen molar-refractivity contribution in [1.82, 2.24) is 4.57 Å². The van der Waals surface area contributed by atoms with E-state index in [1.807, 2.05) is 0 Å². The maximum Gasteiger partial charge on any atom is 0.0107 e. The number of hydrogen-bond donors (Lipinski definition) is 0. The molecule has 3 aromatic rings. The molecule has 0 aliphatic carbocycles. The van der Waals surface area contributed by atoms with Crippen molar-refractivity contribution in [3.63, 3.8) is 0 Å². The average molecular weight is 397 g/mol. The van der Waals surface area contributed by atoms with Gasteiger partial charge in [-0.1, -0.05) is 58.8 Å². The van der Waals surface area contributed by atoms with Crippen LogP contribution in [0.5, 0.6) is 0 Å². The summed E-state index contributed by atoms with van der Waals surface area (Å²) >= 11 is 0. The topological polar surface area (TPSA) is 4.93 Å². The number of nitrogens with zero attached hydrogens (tertiary/aromatic N) is 1. The number of aryl methyl sites for hydroxylation is 3. The summed E-state index contributed by atoms with van der Waals surface area (Å²) in [5.74, 6) is 0. The van der Waals surface area contributed by atoms with E-state index in [4.69, 9.17) is 0 Å². The molecular formula is C25H32NV-. The van der Waals surface area contributed by atoms with E-state index < -0.39 is 0 Å². The van der Waals surface area contributed by atoms with Gasteiger partial charge in [0, 0.05) is 31.1 Å².